The summed E-state index contributed by atoms with van der Waals surface area (Å²) in [5.41, 5.74) is 0. The molecule has 0 fully saturated rings. The first kappa shape index (κ1) is 21.4. The topological polar surface area (TPSA) is 0 Å². The van der Waals surface area contributed by atoms with E-state index in [1.165, 1.54) is 109 Å². The molecule has 0 aromatic heterocycles. The van der Waals surface area contributed by atoms with Crippen molar-refractivity contribution in [2.24, 2.45) is 0 Å². The fraction of sp³-hybridized carbons (Fsp3) is 1.00. The molecule has 1 atom stereocenters. The molecule has 0 aliphatic rings. The molecule has 0 aromatic carbocycles. The van der Waals surface area contributed by atoms with Gasteiger partial charge in [0.05, 0.1) is 0 Å². The van der Waals surface area contributed by atoms with Gasteiger partial charge >= 0.3 is 0 Å². The highest BCUT2D eigenvalue weighted by Crippen LogP contribution is 2.17. The van der Waals surface area contributed by atoms with Crippen molar-refractivity contribution in [3.05, 3.63) is 0 Å². The molecule has 1 unspecified atom stereocenters. The van der Waals surface area contributed by atoms with Gasteiger partial charge in [-0.05, 0) is 12.8 Å². The molecule has 0 heterocycles. The minimum atomic E-state index is 0.667. The van der Waals surface area contributed by atoms with E-state index in [1.807, 2.05) is 0 Å². The zero-order chi connectivity index (χ0) is 15.6. The predicted molar refractivity (Wildman–Crippen MR) is 103 cm³/mol. The van der Waals surface area contributed by atoms with Gasteiger partial charge in [-0.1, -0.05) is 110 Å². The quantitative estimate of drug-likeness (QED) is 0.204. The molecule has 0 rings (SSSR count). The second kappa shape index (κ2) is 18.4. The fourth-order valence-corrected chi connectivity index (χ4v) is 3.36. The van der Waals surface area contributed by atoms with Gasteiger partial charge in [0.15, 0.2) is 0 Å². The number of unbranched alkanes of at least 4 members (excludes halogenated alkanes) is 13. The Labute approximate surface area is 141 Å². The molecule has 21 heavy (non-hydrogen) atoms. The van der Waals surface area contributed by atoms with E-state index in [9.17, 15) is 0 Å². The Balaban J connectivity index is 3.09. The van der Waals surface area contributed by atoms with Crippen LogP contribution in [0.2, 0.25) is 0 Å². The minimum absolute atomic E-state index is 0.667. The van der Waals surface area contributed by atoms with Gasteiger partial charge in [0, 0.05) is 5.25 Å². The molecule has 0 aromatic rings. The Morgan fingerprint density at radius 3 is 1.10 bits per heavy atom. The first-order valence-electron chi connectivity index (χ1n) is 9.99. The summed E-state index contributed by atoms with van der Waals surface area (Å²) < 4.78 is 0. The normalized spacial score (nSPS) is 12.7. The van der Waals surface area contributed by atoms with Crippen LogP contribution in [0.15, 0.2) is 0 Å². The van der Waals surface area contributed by atoms with Crippen LogP contribution in [-0.4, -0.2) is 5.25 Å². The SMILES string of the molecule is CCCCCCCCCCCCC(S)CCCCCCC. The molecule has 0 saturated heterocycles. The lowest BCUT2D eigenvalue weighted by atomic mass is 10.0. The third-order valence-corrected chi connectivity index (χ3v) is 5.05. The second-order valence-electron chi connectivity index (χ2n) is 6.83. The molecule has 0 aliphatic carbocycles. The number of hydrogen-bond acceptors (Lipinski definition) is 1. The lowest BCUT2D eigenvalue weighted by molar-refractivity contribution is 0.533. The van der Waals surface area contributed by atoms with Crippen LogP contribution in [0.4, 0.5) is 0 Å². The Bertz CT molecular complexity index is 179. The Hall–Kier alpha value is 0.350. The van der Waals surface area contributed by atoms with Crippen molar-refractivity contribution in [2.45, 2.75) is 128 Å². The van der Waals surface area contributed by atoms with Gasteiger partial charge in [-0.25, -0.2) is 0 Å². The van der Waals surface area contributed by atoms with Crippen molar-refractivity contribution in [3.8, 4) is 0 Å². The van der Waals surface area contributed by atoms with Crippen LogP contribution in [0.3, 0.4) is 0 Å². The van der Waals surface area contributed by atoms with Crippen molar-refractivity contribution in [2.75, 3.05) is 0 Å². The van der Waals surface area contributed by atoms with Crippen LogP contribution in [0.5, 0.6) is 0 Å². The van der Waals surface area contributed by atoms with Gasteiger partial charge in [-0.15, -0.1) is 0 Å². The number of rotatable bonds is 17. The number of thiol groups is 1. The van der Waals surface area contributed by atoms with Crippen molar-refractivity contribution in [1.82, 2.24) is 0 Å². The van der Waals surface area contributed by atoms with E-state index < -0.39 is 0 Å². The average Bonchev–Trinajstić information content (AvgIpc) is 2.49. The summed E-state index contributed by atoms with van der Waals surface area (Å²) in [6, 6.07) is 0. The maximum atomic E-state index is 4.75. The molecule has 0 aliphatic heterocycles. The van der Waals surface area contributed by atoms with E-state index >= 15 is 0 Å². The molecule has 0 nitrogen and oxygen atoms in total. The summed E-state index contributed by atoms with van der Waals surface area (Å²) in [6.07, 6.45) is 24.1. The van der Waals surface area contributed by atoms with Gasteiger partial charge in [-0.3, -0.25) is 0 Å². The van der Waals surface area contributed by atoms with E-state index in [4.69, 9.17) is 12.6 Å². The van der Waals surface area contributed by atoms with E-state index in [1.54, 1.807) is 0 Å². The highest BCUT2D eigenvalue weighted by Gasteiger charge is 2.02. The average molecular weight is 315 g/mol. The lowest BCUT2D eigenvalue weighted by Crippen LogP contribution is -1.98. The molecule has 0 amide bonds. The summed E-state index contributed by atoms with van der Waals surface area (Å²) in [5, 5.41) is 0.667. The van der Waals surface area contributed by atoms with Gasteiger partial charge in [0.2, 0.25) is 0 Å². The first-order valence-corrected chi connectivity index (χ1v) is 10.5. The van der Waals surface area contributed by atoms with Crippen molar-refractivity contribution in [3.63, 3.8) is 0 Å². The maximum Gasteiger partial charge on any atom is 0.00168 e. The molecule has 0 N–H and O–H groups in total. The monoisotopic (exact) mass is 314 g/mol. The van der Waals surface area contributed by atoms with Gasteiger partial charge in [0.1, 0.15) is 0 Å². The van der Waals surface area contributed by atoms with Crippen LogP contribution in [-0.2, 0) is 0 Å². The summed E-state index contributed by atoms with van der Waals surface area (Å²) in [7, 11) is 0. The van der Waals surface area contributed by atoms with Crippen molar-refractivity contribution >= 4 is 12.6 Å². The third kappa shape index (κ3) is 18.3. The molecular formula is C20H42S. The number of hydrogen-bond donors (Lipinski definition) is 1. The molecule has 0 bridgehead atoms. The van der Waals surface area contributed by atoms with Crippen LogP contribution in [0.25, 0.3) is 0 Å². The zero-order valence-electron chi connectivity index (χ0n) is 15.0. The lowest BCUT2D eigenvalue weighted by Gasteiger charge is -2.10. The summed E-state index contributed by atoms with van der Waals surface area (Å²) in [4.78, 5) is 0. The van der Waals surface area contributed by atoms with Crippen LogP contribution >= 0.6 is 12.6 Å². The Morgan fingerprint density at radius 2 is 0.762 bits per heavy atom. The molecular weight excluding hydrogens is 272 g/mol. The van der Waals surface area contributed by atoms with Gasteiger partial charge < -0.3 is 0 Å². The van der Waals surface area contributed by atoms with E-state index in [0.29, 0.717) is 5.25 Å². The summed E-state index contributed by atoms with van der Waals surface area (Å²) in [6.45, 7) is 4.58. The Kier molecular flexibility index (Phi) is 18.7. The largest absolute Gasteiger partial charge is 0.176 e. The van der Waals surface area contributed by atoms with Gasteiger partial charge in [-0.2, -0.15) is 12.6 Å². The van der Waals surface area contributed by atoms with E-state index in [2.05, 4.69) is 13.8 Å². The Morgan fingerprint density at radius 1 is 0.476 bits per heavy atom. The maximum absolute atomic E-state index is 4.75. The van der Waals surface area contributed by atoms with E-state index in [0.717, 1.165) is 0 Å². The molecule has 0 spiro atoms. The van der Waals surface area contributed by atoms with E-state index in [-0.39, 0.29) is 0 Å². The summed E-state index contributed by atoms with van der Waals surface area (Å²) in [5.74, 6) is 0. The van der Waals surface area contributed by atoms with Crippen LogP contribution in [0.1, 0.15) is 123 Å². The molecule has 0 saturated carbocycles. The smallest absolute Gasteiger partial charge is 0.00168 e. The van der Waals surface area contributed by atoms with Gasteiger partial charge in [0.25, 0.3) is 0 Å². The molecule has 128 valence electrons. The molecule has 0 radical (unpaired) electrons. The minimum Gasteiger partial charge on any atom is -0.176 e. The van der Waals surface area contributed by atoms with Crippen LogP contribution in [0, 0.1) is 0 Å². The zero-order valence-corrected chi connectivity index (χ0v) is 15.9. The second-order valence-corrected chi connectivity index (χ2v) is 7.56. The van der Waals surface area contributed by atoms with Crippen molar-refractivity contribution in [1.29, 1.82) is 0 Å². The fourth-order valence-electron chi connectivity index (χ4n) is 3.00. The van der Waals surface area contributed by atoms with Crippen molar-refractivity contribution < 1.29 is 0 Å². The summed E-state index contributed by atoms with van der Waals surface area (Å²) >= 11 is 4.75. The highest BCUT2D eigenvalue weighted by molar-refractivity contribution is 7.80. The molecule has 1 heteroatoms. The highest BCUT2D eigenvalue weighted by atomic mass is 32.1. The third-order valence-electron chi connectivity index (χ3n) is 4.53. The standard InChI is InChI=1S/C20H42S/c1-3-5-7-9-10-11-12-13-15-17-19-20(21)18-16-14-8-6-4-2/h20-21H,3-19H2,1-2H3. The van der Waals surface area contributed by atoms with Crippen LogP contribution < -0.4 is 0 Å². The predicted octanol–water partition coefficient (Wildman–Crippen LogP) is 7.96. The first-order chi connectivity index (χ1) is 10.3.